The van der Waals surface area contributed by atoms with Crippen molar-refractivity contribution in [3.63, 3.8) is 0 Å². The van der Waals surface area contributed by atoms with Crippen LogP contribution in [0.5, 0.6) is 0 Å². The number of pyridine rings is 1. The Morgan fingerprint density at radius 3 is 2.46 bits per heavy atom. The fourth-order valence-electron chi connectivity index (χ4n) is 2.53. The molecule has 0 saturated heterocycles. The molecule has 5 nitrogen and oxygen atoms in total. The number of aliphatic hydroxyl groups excluding tert-OH is 1. The minimum atomic E-state index is -0.612. The first kappa shape index (κ1) is 17.9. The molecule has 1 aromatic heterocycles. The third kappa shape index (κ3) is 5.06. The Morgan fingerprint density at radius 2 is 1.88 bits per heavy atom. The second-order valence-electron chi connectivity index (χ2n) is 5.63. The largest absolute Gasteiger partial charge is 0.391 e. The number of hydrogen-bond donors (Lipinski definition) is 2. The van der Waals surface area contributed by atoms with Crippen LogP contribution in [0.1, 0.15) is 29.8 Å². The van der Waals surface area contributed by atoms with Crippen molar-refractivity contribution in [2.24, 2.45) is 0 Å². The average Bonchev–Trinajstić information content (AvgIpc) is 2.62. The number of benzene rings is 1. The Hall–Kier alpha value is -2.40. The third-order valence-electron chi connectivity index (χ3n) is 3.91. The van der Waals surface area contributed by atoms with Crippen molar-refractivity contribution in [2.75, 3.05) is 24.5 Å². The Bertz CT molecular complexity index is 625. The molecule has 24 heavy (non-hydrogen) atoms. The maximum absolute atomic E-state index is 12.1. The molecule has 1 unspecified atom stereocenters. The highest BCUT2D eigenvalue weighted by molar-refractivity contribution is 5.94. The van der Waals surface area contributed by atoms with Gasteiger partial charge in [0.2, 0.25) is 0 Å². The van der Waals surface area contributed by atoms with Gasteiger partial charge in [0.25, 0.3) is 5.91 Å². The van der Waals surface area contributed by atoms with Gasteiger partial charge >= 0.3 is 0 Å². The first-order chi connectivity index (χ1) is 11.6. The summed E-state index contributed by atoms with van der Waals surface area (Å²) in [4.78, 5) is 18.6. The molecule has 2 N–H and O–H groups in total. The van der Waals surface area contributed by atoms with Crippen molar-refractivity contribution in [2.45, 2.75) is 26.4 Å². The molecule has 0 radical (unpaired) electrons. The van der Waals surface area contributed by atoms with Gasteiger partial charge in [-0.3, -0.25) is 4.79 Å². The summed E-state index contributed by atoms with van der Waals surface area (Å²) in [6.45, 7) is 6.10. The Kier molecular flexibility index (Phi) is 6.75. The van der Waals surface area contributed by atoms with E-state index in [2.05, 4.69) is 29.0 Å². The molecule has 1 aromatic carbocycles. The van der Waals surface area contributed by atoms with Gasteiger partial charge in [-0.15, -0.1) is 0 Å². The Balaban J connectivity index is 1.86. The van der Waals surface area contributed by atoms with Gasteiger partial charge in [-0.2, -0.15) is 0 Å². The molecule has 0 aliphatic carbocycles. The number of aromatic nitrogens is 1. The third-order valence-corrected chi connectivity index (χ3v) is 3.91. The molecule has 0 aliphatic heterocycles. The van der Waals surface area contributed by atoms with Crippen LogP contribution in [0.2, 0.25) is 0 Å². The minimum absolute atomic E-state index is 0.214. The highest BCUT2D eigenvalue weighted by Gasteiger charge is 2.11. The lowest BCUT2D eigenvalue weighted by atomic mass is 10.1. The van der Waals surface area contributed by atoms with Crippen molar-refractivity contribution in [1.82, 2.24) is 10.3 Å². The molecule has 1 atom stereocenters. The Labute approximate surface area is 143 Å². The normalized spacial score (nSPS) is 11.8. The van der Waals surface area contributed by atoms with E-state index in [-0.39, 0.29) is 12.5 Å². The maximum Gasteiger partial charge on any atom is 0.252 e. The molecule has 0 saturated carbocycles. The fraction of sp³-hybridized carbons (Fsp3) is 0.368. The van der Waals surface area contributed by atoms with Crippen molar-refractivity contribution < 1.29 is 9.90 Å². The highest BCUT2D eigenvalue weighted by atomic mass is 16.3. The topological polar surface area (TPSA) is 65.5 Å². The molecule has 1 amide bonds. The molecule has 0 spiro atoms. The summed E-state index contributed by atoms with van der Waals surface area (Å²) in [7, 11) is 0. The fourth-order valence-corrected chi connectivity index (χ4v) is 2.53. The SMILES string of the molecule is CCN(CC)c1ccc(C(=O)NCC(O)Cc2ccccc2)cn1. The minimum Gasteiger partial charge on any atom is -0.391 e. The number of amides is 1. The van der Waals surface area contributed by atoms with Crippen molar-refractivity contribution in [3.05, 3.63) is 59.8 Å². The summed E-state index contributed by atoms with van der Waals surface area (Å²) in [5.74, 6) is 0.640. The maximum atomic E-state index is 12.1. The molecular weight excluding hydrogens is 302 g/mol. The number of nitrogens with one attached hydrogen (secondary N) is 1. The van der Waals surface area contributed by atoms with Gasteiger partial charge in [0.15, 0.2) is 0 Å². The van der Waals surface area contributed by atoms with Crippen LogP contribution >= 0.6 is 0 Å². The van der Waals surface area contributed by atoms with Crippen molar-refractivity contribution in [1.29, 1.82) is 0 Å². The van der Waals surface area contributed by atoms with Crippen molar-refractivity contribution >= 4 is 11.7 Å². The average molecular weight is 327 g/mol. The monoisotopic (exact) mass is 327 g/mol. The van der Waals surface area contributed by atoms with Gasteiger partial charge in [0, 0.05) is 32.3 Å². The number of rotatable bonds is 8. The number of nitrogens with zero attached hydrogens (tertiary/aromatic N) is 2. The molecule has 128 valence electrons. The van der Waals surface area contributed by atoms with E-state index < -0.39 is 6.10 Å². The van der Waals surface area contributed by atoms with Crippen LogP contribution in [0.15, 0.2) is 48.7 Å². The molecule has 5 heteroatoms. The van der Waals surface area contributed by atoms with Gasteiger partial charge in [-0.05, 0) is 31.5 Å². The molecule has 2 aromatic rings. The molecule has 0 fully saturated rings. The van der Waals surface area contributed by atoms with Crippen LogP contribution in [-0.4, -0.2) is 41.7 Å². The van der Waals surface area contributed by atoms with Crippen LogP contribution in [0, 0.1) is 0 Å². The number of anilines is 1. The number of carbonyl (C=O) groups is 1. The van der Waals surface area contributed by atoms with E-state index in [1.165, 1.54) is 0 Å². The van der Waals surface area contributed by atoms with E-state index in [1.54, 1.807) is 12.3 Å². The molecule has 2 rings (SSSR count). The van der Waals surface area contributed by atoms with Gasteiger partial charge in [0.1, 0.15) is 5.82 Å². The molecule has 0 aliphatic rings. The highest BCUT2D eigenvalue weighted by Crippen LogP contribution is 2.11. The molecule has 0 bridgehead atoms. The van der Waals surface area contributed by atoms with Crippen LogP contribution in [0.25, 0.3) is 0 Å². The number of hydrogen-bond acceptors (Lipinski definition) is 4. The van der Waals surface area contributed by atoms with Gasteiger partial charge in [-0.1, -0.05) is 30.3 Å². The first-order valence-electron chi connectivity index (χ1n) is 8.35. The van der Waals surface area contributed by atoms with E-state index in [0.717, 1.165) is 24.5 Å². The second kappa shape index (κ2) is 9.03. The van der Waals surface area contributed by atoms with E-state index in [1.807, 2.05) is 36.4 Å². The molecular formula is C19H25N3O2. The number of carbonyl (C=O) groups excluding carboxylic acids is 1. The standard InChI is InChI=1S/C19H25N3O2/c1-3-22(4-2)18-11-10-16(13-20-18)19(24)21-14-17(23)12-15-8-6-5-7-9-15/h5-11,13,17,23H,3-4,12,14H2,1-2H3,(H,21,24). The quantitative estimate of drug-likeness (QED) is 0.780. The van der Waals surface area contributed by atoms with E-state index in [0.29, 0.717) is 12.0 Å². The summed E-state index contributed by atoms with van der Waals surface area (Å²) in [6.07, 6.45) is 1.48. The zero-order chi connectivity index (χ0) is 17.4. The summed E-state index contributed by atoms with van der Waals surface area (Å²) in [6, 6.07) is 13.3. The van der Waals surface area contributed by atoms with E-state index >= 15 is 0 Å². The second-order valence-corrected chi connectivity index (χ2v) is 5.63. The van der Waals surface area contributed by atoms with Crippen LogP contribution < -0.4 is 10.2 Å². The zero-order valence-corrected chi connectivity index (χ0v) is 14.3. The first-order valence-corrected chi connectivity index (χ1v) is 8.35. The van der Waals surface area contributed by atoms with Gasteiger partial charge in [0.05, 0.1) is 11.7 Å². The smallest absolute Gasteiger partial charge is 0.252 e. The lowest BCUT2D eigenvalue weighted by Gasteiger charge is -2.19. The summed E-state index contributed by atoms with van der Waals surface area (Å²) >= 11 is 0. The predicted molar refractivity (Wildman–Crippen MR) is 96.3 cm³/mol. The summed E-state index contributed by atoms with van der Waals surface area (Å²) in [5, 5.41) is 12.8. The summed E-state index contributed by atoms with van der Waals surface area (Å²) < 4.78 is 0. The van der Waals surface area contributed by atoms with Crippen molar-refractivity contribution in [3.8, 4) is 0 Å². The lowest BCUT2D eigenvalue weighted by Crippen LogP contribution is -2.33. The lowest BCUT2D eigenvalue weighted by molar-refractivity contribution is 0.0915. The van der Waals surface area contributed by atoms with Crippen LogP contribution in [0.3, 0.4) is 0 Å². The molecule has 1 heterocycles. The van der Waals surface area contributed by atoms with E-state index in [4.69, 9.17) is 0 Å². The van der Waals surface area contributed by atoms with Gasteiger partial charge < -0.3 is 15.3 Å². The number of aliphatic hydroxyl groups is 1. The predicted octanol–water partition coefficient (Wildman–Crippen LogP) is 2.26. The van der Waals surface area contributed by atoms with Crippen LogP contribution in [-0.2, 0) is 6.42 Å². The van der Waals surface area contributed by atoms with Gasteiger partial charge in [-0.25, -0.2) is 4.98 Å². The zero-order valence-electron chi connectivity index (χ0n) is 14.3. The van der Waals surface area contributed by atoms with E-state index in [9.17, 15) is 9.90 Å². The van der Waals surface area contributed by atoms with Crippen LogP contribution in [0.4, 0.5) is 5.82 Å². The summed E-state index contributed by atoms with van der Waals surface area (Å²) in [5.41, 5.74) is 1.54. The Morgan fingerprint density at radius 1 is 1.17 bits per heavy atom.